The second-order valence-electron chi connectivity index (χ2n) is 4.03. The van der Waals surface area contributed by atoms with Gasteiger partial charge in [0.25, 0.3) is 0 Å². The Balaban J connectivity index is 2.31. The molecule has 1 amide bonds. The molecule has 0 saturated carbocycles. The Bertz CT molecular complexity index is 327. The molecule has 0 radical (unpaired) electrons. The average Bonchev–Trinajstić information content (AvgIpc) is 2.38. The maximum Gasteiger partial charge on any atom is 0.233 e. The number of carbonyl (C=O) groups excluding carboxylic acids is 1. The monoisotopic (exact) mass is 235 g/mol. The number of nitrogens with zero attached hydrogens (tertiary/aromatic N) is 1. The molecule has 0 aliphatic heterocycles. The van der Waals surface area contributed by atoms with E-state index < -0.39 is 0 Å². The largest absolute Gasteiger partial charge is 0.299 e. The summed E-state index contributed by atoms with van der Waals surface area (Å²) in [6.45, 7) is 4.96. The van der Waals surface area contributed by atoms with E-state index >= 15 is 0 Å². The molecule has 0 atom stereocenters. The molecule has 0 aliphatic carbocycles. The molecule has 0 bridgehead atoms. The molecule has 0 unspecified atom stereocenters. The van der Waals surface area contributed by atoms with Crippen molar-refractivity contribution in [2.75, 3.05) is 13.1 Å². The summed E-state index contributed by atoms with van der Waals surface area (Å²) in [4.78, 5) is 13.3. The van der Waals surface area contributed by atoms with E-state index in [1.165, 1.54) is 5.56 Å². The van der Waals surface area contributed by atoms with Gasteiger partial charge in [0.05, 0.1) is 0 Å². The Morgan fingerprint density at radius 1 is 1.35 bits per heavy atom. The number of carbonyl (C=O) groups is 1. The summed E-state index contributed by atoms with van der Waals surface area (Å²) in [5.74, 6) is 4.94. The molecule has 0 aliphatic rings. The van der Waals surface area contributed by atoms with Gasteiger partial charge in [0.15, 0.2) is 0 Å². The first-order valence-corrected chi connectivity index (χ1v) is 6.02. The van der Waals surface area contributed by atoms with Crippen LogP contribution in [0, 0.1) is 0 Å². The Kier molecular flexibility index (Phi) is 6.29. The van der Waals surface area contributed by atoms with Crippen molar-refractivity contribution >= 4 is 5.91 Å². The Morgan fingerprint density at radius 2 is 2.06 bits per heavy atom. The van der Waals surface area contributed by atoms with E-state index in [1.54, 1.807) is 0 Å². The minimum atomic E-state index is -0.0965. The first-order chi connectivity index (χ1) is 8.26. The lowest BCUT2D eigenvalue weighted by Crippen LogP contribution is -2.31. The van der Waals surface area contributed by atoms with E-state index in [1.807, 2.05) is 18.2 Å². The molecular formula is C13H21N3O. The number of nitrogens with one attached hydrogen (secondary N) is 1. The SMILES string of the molecule is CCN(CCCC(=O)NN)Cc1ccccc1. The maximum absolute atomic E-state index is 11.0. The van der Waals surface area contributed by atoms with Crippen LogP contribution in [0.25, 0.3) is 0 Å². The molecule has 0 aromatic heterocycles. The number of hydrazine groups is 1. The topological polar surface area (TPSA) is 58.4 Å². The van der Waals surface area contributed by atoms with Crippen LogP contribution >= 0.6 is 0 Å². The summed E-state index contributed by atoms with van der Waals surface area (Å²) in [5, 5.41) is 0. The zero-order valence-electron chi connectivity index (χ0n) is 10.4. The zero-order chi connectivity index (χ0) is 12.5. The third kappa shape index (κ3) is 5.47. The highest BCUT2D eigenvalue weighted by molar-refractivity contribution is 5.75. The molecule has 4 nitrogen and oxygen atoms in total. The lowest BCUT2D eigenvalue weighted by molar-refractivity contribution is -0.121. The predicted octanol–water partition coefficient (Wildman–Crippen LogP) is 1.28. The van der Waals surface area contributed by atoms with Crippen LogP contribution in [-0.4, -0.2) is 23.9 Å². The molecular weight excluding hydrogens is 214 g/mol. The number of rotatable bonds is 7. The minimum absolute atomic E-state index is 0.0965. The fourth-order valence-electron chi connectivity index (χ4n) is 1.73. The molecule has 94 valence electrons. The van der Waals surface area contributed by atoms with Crippen molar-refractivity contribution in [2.45, 2.75) is 26.3 Å². The first kappa shape index (κ1) is 13.7. The van der Waals surface area contributed by atoms with Crippen LogP contribution in [0.3, 0.4) is 0 Å². The highest BCUT2D eigenvalue weighted by Gasteiger charge is 2.05. The van der Waals surface area contributed by atoms with Gasteiger partial charge in [-0.1, -0.05) is 37.3 Å². The van der Waals surface area contributed by atoms with E-state index in [2.05, 4.69) is 29.4 Å². The third-order valence-electron chi connectivity index (χ3n) is 2.74. The highest BCUT2D eigenvalue weighted by atomic mass is 16.2. The van der Waals surface area contributed by atoms with E-state index in [9.17, 15) is 4.79 Å². The fourth-order valence-corrected chi connectivity index (χ4v) is 1.73. The van der Waals surface area contributed by atoms with Gasteiger partial charge in [-0.15, -0.1) is 0 Å². The van der Waals surface area contributed by atoms with Crippen molar-refractivity contribution in [3.8, 4) is 0 Å². The molecule has 1 aromatic rings. The number of benzene rings is 1. The van der Waals surface area contributed by atoms with Gasteiger partial charge in [-0.25, -0.2) is 5.84 Å². The summed E-state index contributed by atoms with van der Waals surface area (Å²) in [5.41, 5.74) is 3.45. The molecule has 0 saturated heterocycles. The molecule has 0 heterocycles. The Morgan fingerprint density at radius 3 is 2.65 bits per heavy atom. The predicted molar refractivity (Wildman–Crippen MR) is 69.0 cm³/mol. The number of nitrogens with two attached hydrogens (primary N) is 1. The van der Waals surface area contributed by atoms with Gasteiger partial charge in [-0.3, -0.25) is 15.1 Å². The second-order valence-corrected chi connectivity index (χ2v) is 4.03. The van der Waals surface area contributed by atoms with Crippen LogP contribution in [0.1, 0.15) is 25.3 Å². The van der Waals surface area contributed by atoms with Crippen LogP contribution < -0.4 is 11.3 Å². The van der Waals surface area contributed by atoms with Gasteiger partial charge in [0, 0.05) is 13.0 Å². The Hall–Kier alpha value is -1.39. The standard InChI is InChI=1S/C13H21N3O/c1-2-16(10-6-9-13(17)15-14)11-12-7-4-3-5-8-12/h3-5,7-8H,2,6,9-11,14H2,1H3,(H,15,17). The smallest absolute Gasteiger partial charge is 0.233 e. The molecule has 3 N–H and O–H groups in total. The van der Waals surface area contributed by atoms with Gasteiger partial charge >= 0.3 is 0 Å². The molecule has 4 heteroatoms. The Labute approximate surface area is 103 Å². The number of hydrogen-bond donors (Lipinski definition) is 2. The van der Waals surface area contributed by atoms with E-state index in [4.69, 9.17) is 5.84 Å². The van der Waals surface area contributed by atoms with Gasteiger partial charge in [0.1, 0.15) is 0 Å². The van der Waals surface area contributed by atoms with Gasteiger partial charge < -0.3 is 0 Å². The summed E-state index contributed by atoms with van der Waals surface area (Å²) in [7, 11) is 0. The summed E-state index contributed by atoms with van der Waals surface area (Å²) in [6, 6.07) is 10.4. The van der Waals surface area contributed by atoms with E-state index in [-0.39, 0.29) is 5.91 Å². The summed E-state index contributed by atoms with van der Waals surface area (Å²) >= 11 is 0. The second kappa shape index (κ2) is 7.81. The van der Waals surface area contributed by atoms with Gasteiger partial charge in [-0.05, 0) is 25.1 Å². The normalized spacial score (nSPS) is 10.5. The van der Waals surface area contributed by atoms with Crippen LogP contribution in [0.5, 0.6) is 0 Å². The van der Waals surface area contributed by atoms with E-state index in [0.29, 0.717) is 6.42 Å². The van der Waals surface area contributed by atoms with Crippen LogP contribution in [0.2, 0.25) is 0 Å². The van der Waals surface area contributed by atoms with Crippen molar-refractivity contribution in [2.24, 2.45) is 5.84 Å². The highest BCUT2D eigenvalue weighted by Crippen LogP contribution is 2.05. The van der Waals surface area contributed by atoms with Crippen molar-refractivity contribution < 1.29 is 4.79 Å². The molecule has 0 fully saturated rings. The van der Waals surface area contributed by atoms with E-state index in [0.717, 1.165) is 26.1 Å². The third-order valence-corrected chi connectivity index (χ3v) is 2.74. The lowest BCUT2D eigenvalue weighted by Gasteiger charge is -2.20. The molecule has 1 aromatic carbocycles. The fraction of sp³-hybridized carbons (Fsp3) is 0.462. The number of amides is 1. The maximum atomic E-state index is 11.0. The zero-order valence-corrected chi connectivity index (χ0v) is 10.4. The van der Waals surface area contributed by atoms with Crippen LogP contribution in [0.4, 0.5) is 0 Å². The van der Waals surface area contributed by atoms with Crippen molar-refractivity contribution in [3.63, 3.8) is 0 Å². The van der Waals surface area contributed by atoms with Crippen molar-refractivity contribution in [1.82, 2.24) is 10.3 Å². The quantitative estimate of drug-likeness (QED) is 0.425. The molecule has 1 rings (SSSR count). The van der Waals surface area contributed by atoms with Crippen molar-refractivity contribution in [3.05, 3.63) is 35.9 Å². The molecule has 0 spiro atoms. The first-order valence-electron chi connectivity index (χ1n) is 6.02. The van der Waals surface area contributed by atoms with Crippen molar-refractivity contribution in [1.29, 1.82) is 0 Å². The van der Waals surface area contributed by atoms with Gasteiger partial charge in [-0.2, -0.15) is 0 Å². The summed E-state index contributed by atoms with van der Waals surface area (Å²) < 4.78 is 0. The lowest BCUT2D eigenvalue weighted by atomic mass is 10.2. The summed E-state index contributed by atoms with van der Waals surface area (Å²) in [6.07, 6.45) is 1.32. The van der Waals surface area contributed by atoms with Gasteiger partial charge in [0.2, 0.25) is 5.91 Å². The van der Waals surface area contributed by atoms with Crippen LogP contribution in [0.15, 0.2) is 30.3 Å². The number of hydrogen-bond acceptors (Lipinski definition) is 3. The average molecular weight is 235 g/mol. The minimum Gasteiger partial charge on any atom is -0.299 e. The van der Waals surface area contributed by atoms with Crippen LogP contribution in [-0.2, 0) is 11.3 Å². The molecule has 17 heavy (non-hydrogen) atoms.